The lowest BCUT2D eigenvalue weighted by Gasteiger charge is -2.00. The quantitative estimate of drug-likeness (QED) is 0.501. The van der Waals surface area contributed by atoms with E-state index in [2.05, 4.69) is 4.74 Å². The van der Waals surface area contributed by atoms with E-state index >= 15 is 0 Å². The summed E-state index contributed by atoms with van der Waals surface area (Å²) in [6.07, 6.45) is 0.124. The Morgan fingerprint density at radius 3 is 2.50 bits per heavy atom. The highest BCUT2D eigenvalue weighted by Crippen LogP contribution is 2.31. The van der Waals surface area contributed by atoms with Crippen molar-refractivity contribution in [2.45, 2.75) is 26.2 Å². The van der Waals surface area contributed by atoms with Gasteiger partial charge < -0.3 is 9.15 Å². The summed E-state index contributed by atoms with van der Waals surface area (Å²) < 4.78 is 9.76. The first-order valence-electron chi connectivity index (χ1n) is 4.39. The van der Waals surface area contributed by atoms with E-state index in [0.717, 1.165) is 11.3 Å². The molecule has 1 saturated heterocycles. The molecule has 0 bridgehead atoms. The molecule has 14 heavy (non-hydrogen) atoms. The minimum absolute atomic E-state index is 0.124. The van der Waals surface area contributed by atoms with Gasteiger partial charge in [0.25, 0.3) is 0 Å². The van der Waals surface area contributed by atoms with Crippen molar-refractivity contribution in [1.29, 1.82) is 0 Å². The fourth-order valence-electron chi connectivity index (χ4n) is 1.71. The lowest BCUT2D eigenvalue weighted by molar-refractivity contribution is -0.152. The van der Waals surface area contributed by atoms with Crippen LogP contribution in [0.25, 0.3) is 0 Å². The van der Waals surface area contributed by atoms with Gasteiger partial charge in [0, 0.05) is 5.56 Å². The molecule has 1 aliphatic rings. The summed E-state index contributed by atoms with van der Waals surface area (Å²) in [6.45, 7) is 3.58. The highest BCUT2D eigenvalue weighted by molar-refractivity contribution is 5.97. The van der Waals surface area contributed by atoms with Crippen molar-refractivity contribution >= 4 is 11.9 Å². The first kappa shape index (κ1) is 8.99. The third kappa shape index (κ3) is 1.32. The third-order valence-electron chi connectivity index (χ3n) is 2.32. The molecule has 0 aromatic carbocycles. The second kappa shape index (κ2) is 2.97. The summed E-state index contributed by atoms with van der Waals surface area (Å²) >= 11 is 0. The molecular formula is C10H10O4. The normalized spacial score (nSPS) is 21.4. The molecule has 0 spiro atoms. The molecule has 4 heteroatoms. The standard InChI is InChI=1S/C10H10O4/c1-5-3-7(6(2)13-5)8-4-9(11)14-10(8)12/h3,8H,4H2,1-2H3. The lowest BCUT2D eigenvalue weighted by atomic mass is 9.98. The van der Waals surface area contributed by atoms with Crippen LogP contribution in [0.1, 0.15) is 29.4 Å². The first-order chi connectivity index (χ1) is 6.58. The van der Waals surface area contributed by atoms with Crippen LogP contribution in [0.2, 0.25) is 0 Å². The third-order valence-corrected chi connectivity index (χ3v) is 2.32. The van der Waals surface area contributed by atoms with E-state index in [1.165, 1.54) is 0 Å². The van der Waals surface area contributed by atoms with Gasteiger partial charge in [-0.2, -0.15) is 0 Å². The molecule has 1 aromatic heterocycles. The summed E-state index contributed by atoms with van der Waals surface area (Å²) in [6, 6.07) is 1.78. The van der Waals surface area contributed by atoms with Gasteiger partial charge in [-0.15, -0.1) is 0 Å². The maximum atomic E-state index is 11.3. The van der Waals surface area contributed by atoms with Gasteiger partial charge in [-0.3, -0.25) is 9.59 Å². The van der Waals surface area contributed by atoms with Gasteiger partial charge in [0.15, 0.2) is 0 Å². The first-order valence-corrected chi connectivity index (χ1v) is 4.39. The second-order valence-corrected chi connectivity index (χ2v) is 3.42. The summed E-state index contributed by atoms with van der Waals surface area (Å²) in [5.74, 6) is 0.0147. The van der Waals surface area contributed by atoms with Crippen LogP contribution in [0.4, 0.5) is 0 Å². The minimum atomic E-state index is -0.473. The van der Waals surface area contributed by atoms with Crippen molar-refractivity contribution in [1.82, 2.24) is 0 Å². The van der Waals surface area contributed by atoms with Crippen molar-refractivity contribution in [2.75, 3.05) is 0 Å². The zero-order chi connectivity index (χ0) is 10.3. The van der Waals surface area contributed by atoms with Crippen molar-refractivity contribution in [3.8, 4) is 0 Å². The maximum absolute atomic E-state index is 11.3. The molecule has 0 aliphatic carbocycles. The van der Waals surface area contributed by atoms with Crippen molar-refractivity contribution < 1.29 is 18.7 Å². The monoisotopic (exact) mass is 194 g/mol. The smallest absolute Gasteiger partial charge is 0.321 e. The van der Waals surface area contributed by atoms with Crippen LogP contribution < -0.4 is 0 Å². The maximum Gasteiger partial charge on any atom is 0.321 e. The second-order valence-electron chi connectivity index (χ2n) is 3.42. The van der Waals surface area contributed by atoms with Gasteiger partial charge in [0.1, 0.15) is 11.5 Å². The molecule has 2 heterocycles. The van der Waals surface area contributed by atoms with E-state index in [9.17, 15) is 9.59 Å². The molecule has 4 nitrogen and oxygen atoms in total. The Morgan fingerprint density at radius 2 is 2.07 bits per heavy atom. The average Bonchev–Trinajstić information content (AvgIpc) is 2.55. The summed E-state index contributed by atoms with van der Waals surface area (Å²) in [7, 11) is 0. The Labute approximate surface area is 80.8 Å². The van der Waals surface area contributed by atoms with E-state index in [-0.39, 0.29) is 6.42 Å². The molecule has 2 rings (SSSR count). The Morgan fingerprint density at radius 1 is 1.36 bits per heavy atom. The van der Waals surface area contributed by atoms with Gasteiger partial charge in [0.2, 0.25) is 0 Å². The molecule has 1 fully saturated rings. The highest BCUT2D eigenvalue weighted by Gasteiger charge is 2.36. The Kier molecular flexibility index (Phi) is 1.91. The molecule has 1 aliphatic heterocycles. The number of carbonyl (C=O) groups excluding carboxylic acids is 2. The van der Waals surface area contributed by atoms with Crippen LogP contribution in [0, 0.1) is 13.8 Å². The number of rotatable bonds is 1. The van der Waals surface area contributed by atoms with Gasteiger partial charge in [-0.05, 0) is 19.9 Å². The number of carbonyl (C=O) groups is 2. The number of furan rings is 1. The molecule has 0 saturated carbocycles. The molecule has 0 N–H and O–H groups in total. The topological polar surface area (TPSA) is 56.5 Å². The largest absolute Gasteiger partial charge is 0.466 e. The Bertz CT molecular complexity index is 402. The van der Waals surface area contributed by atoms with Gasteiger partial charge in [0.05, 0.1) is 12.3 Å². The van der Waals surface area contributed by atoms with Crippen molar-refractivity contribution in [2.24, 2.45) is 0 Å². The van der Waals surface area contributed by atoms with Crippen LogP contribution >= 0.6 is 0 Å². The van der Waals surface area contributed by atoms with Gasteiger partial charge in [-0.1, -0.05) is 0 Å². The van der Waals surface area contributed by atoms with Crippen molar-refractivity contribution in [3.05, 3.63) is 23.2 Å². The van der Waals surface area contributed by atoms with Gasteiger partial charge >= 0.3 is 11.9 Å². The van der Waals surface area contributed by atoms with Crippen LogP contribution in [0.3, 0.4) is 0 Å². The zero-order valence-corrected chi connectivity index (χ0v) is 7.99. The Balaban J connectivity index is 2.36. The van der Waals surface area contributed by atoms with E-state index in [1.54, 1.807) is 19.9 Å². The molecule has 1 atom stereocenters. The van der Waals surface area contributed by atoms with E-state index in [1.807, 2.05) is 0 Å². The lowest BCUT2D eigenvalue weighted by Crippen LogP contribution is -2.05. The number of hydrogen-bond acceptors (Lipinski definition) is 4. The molecule has 1 unspecified atom stereocenters. The number of aryl methyl sites for hydroxylation is 2. The highest BCUT2D eigenvalue weighted by atomic mass is 16.6. The Hall–Kier alpha value is -1.58. The molecule has 0 radical (unpaired) electrons. The summed E-state index contributed by atoms with van der Waals surface area (Å²) in [4.78, 5) is 22.1. The number of ether oxygens (including phenoxy) is 1. The fourth-order valence-corrected chi connectivity index (χ4v) is 1.71. The fraction of sp³-hybridized carbons (Fsp3) is 0.400. The van der Waals surface area contributed by atoms with Crippen molar-refractivity contribution in [3.63, 3.8) is 0 Å². The number of hydrogen-bond donors (Lipinski definition) is 0. The summed E-state index contributed by atoms with van der Waals surface area (Å²) in [5, 5.41) is 0. The molecule has 74 valence electrons. The van der Waals surface area contributed by atoms with E-state index < -0.39 is 17.9 Å². The zero-order valence-electron chi connectivity index (χ0n) is 7.99. The van der Waals surface area contributed by atoms with Crippen LogP contribution in [0.15, 0.2) is 10.5 Å². The molecular weight excluding hydrogens is 184 g/mol. The number of esters is 2. The van der Waals surface area contributed by atoms with E-state index in [4.69, 9.17) is 4.42 Å². The molecule has 0 amide bonds. The predicted molar refractivity (Wildman–Crippen MR) is 46.6 cm³/mol. The predicted octanol–water partition coefficient (Wildman–Crippen LogP) is 1.45. The average molecular weight is 194 g/mol. The van der Waals surface area contributed by atoms with E-state index in [0.29, 0.717) is 5.76 Å². The van der Waals surface area contributed by atoms with Crippen LogP contribution in [0.5, 0.6) is 0 Å². The molecule has 1 aromatic rings. The van der Waals surface area contributed by atoms with Crippen LogP contribution in [-0.2, 0) is 14.3 Å². The number of cyclic esters (lactones) is 2. The SMILES string of the molecule is Cc1cc(C2CC(=O)OC2=O)c(C)o1. The van der Waals surface area contributed by atoms with Gasteiger partial charge in [-0.25, -0.2) is 0 Å². The minimum Gasteiger partial charge on any atom is -0.466 e. The summed E-state index contributed by atoms with van der Waals surface area (Å²) in [5.41, 5.74) is 0.762. The van der Waals surface area contributed by atoms with Crippen LogP contribution in [-0.4, -0.2) is 11.9 Å².